The van der Waals surface area contributed by atoms with Crippen molar-refractivity contribution in [2.24, 2.45) is 4.99 Å². The van der Waals surface area contributed by atoms with Crippen molar-refractivity contribution < 1.29 is 29.7 Å². The molecule has 0 aliphatic carbocycles. The number of rotatable bonds is 8. The molecule has 1 aliphatic rings. The van der Waals surface area contributed by atoms with Crippen LogP contribution in [-0.4, -0.2) is 145 Å². The van der Waals surface area contributed by atoms with Gasteiger partial charge in [0.1, 0.15) is 0 Å². The summed E-state index contributed by atoms with van der Waals surface area (Å²) in [5.41, 5.74) is 0. The molecule has 11 nitrogen and oxygen atoms in total. The third-order valence-electron chi connectivity index (χ3n) is 4.53. The summed E-state index contributed by atoms with van der Waals surface area (Å²) in [6, 6.07) is 0. The third-order valence-corrected chi connectivity index (χ3v) is 4.53. The maximum atomic E-state index is 11.2. The SMILES string of the molecule is CN=CCN1CCN(CC(=O)O)CCN(CC(=O)O)CCN(CC(=O)O)CC1. The van der Waals surface area contributed by atoms with Crippen LogP contribution in [0.5, 0.6) is 0 Å². The highest BCUT2D eigenvalue weighted by atomic mass is 16.4. The Morgan fingerprint density at radius 3 is 1.21 bits per heavy atom. The van der Waals surface area contributed by atoms with E-state index in [1.54, 1.807) is 28.0 Å². The van der Waals surface area contributed by atoms with Crippen LogP contribution in [0, 0.1) is 0 Å². The first-order valence-electron chi connectivity index (χ1n) is 9.25. The first-order chi connectivity index (χ1) is 13.3. The molecule has 0 amide bonds. The zero-order valence-corrected chi connectivity index (χ0v) is 16.4. The van der Waals surface area contributed by atoms with Crippen LogP contribution < -0.4 is 0 Å². The van der Waals surface area contributed by atoms with Crippen LogP contribution in [0.3, 0.4) is 0 Å². The maximum absolute atomic E-state index is 11.2. The van der Waals surface area contributed by atoms with E-state index in [9.17, 15) is 14.4 Å². The standard InChI is InChI=1S/C17H31N5O6/c1-18-2-3-19-4-6-20(12-15(23)24)8-10-22(14-17(27)28)11-9-21(7-5-19)13-16(25)26/h2H,3-14H2,1H3,(H,23,24)(H,25,26)(H,27,28). The highest BCUT2D eigenvalue weighted by Crippen LogP contribution is 2.01. The largest absolute Gasteiger partial charge is 0.480 e. The summed E-state index contributed by atoms with van der Waals surface area (Å²) < 4.78 is 0. The van der Waals surface area contributed by atoms with Crippen molar-refractivity contribution in [3.05, 3.63) is 0 Å². The number of carbonyl (C=O) groups is 3. The highest BCUT2D eigenvalue weighted by Gasteiger charge is 2.19. The second kappa shape index (κ2) is 13.2. The Balaban J connectivity index is 2.88. The molecule has 1 rings (SSSR count). The van der Waals surface area contributed by atoms with E-state index < -0.39 is 17.9 Å². The van der Waals surface area contributed by atoms with E-state index in [0.29, 0.717) is 58.9 Å². The molecule has 28 heavy (non-hydrogen) atoms. The van der Waals surface area contributed by atoms with E-state index in [4.69, 9.17) is 15.3 Å². The van der Waals surface area contributed by atoms with E-state index in [1.807, 2.05) is 0 Å². The van der Waals surface area contributed by atoms with Crippen molar-refractivity contribution in [2.45, 2.75) is 0 Å². The lowest BCUT2D eigenvalue weighted by Gasteiger charge is -2.32. The van der Waals surface area contributed by atoms with Gasteiger partial charge in [-0.25, -0.2) is 0 Å². The van der Waals surface area contributed by atoms with Gasteiger partial charge in [-0.05, 0) is 0 Å². The Hall–Kier alpha value is -2.08. The molecule has 160 valence electrons. The molecule has 1 saturated heterocycles. The topological polar surface area (TPSA) is 137 Å². The average molecular weight is 401 g/mol. The number of carboxylic acids is 3. The number of aliphatic carboxylic acids is 3. The molecular formula is C17H31N5O6. The van der Waals surface area contributed by atoms with Crippen molar-refractivity contribution >= 4 is 24.1 Å². The van der Waals surface area contributed by atoms with Crippen LogP contribution in [0.4, 0.5) is 0 Å². The van der Waals surface area contributed by atoms with Crippen LogP contribution in [0.1, 0.15) is 0 Å². The number of carboxylic acid groups (broad SMARTS) is 3. The molecule has 3 N–H and O–H groups in total. The van der Waals surface area contributed by atoms with Crippen molar-refractivity contribution in [3.63, 3.8) is 0 Å². The lowest BCUT2D eigenvalue weighted by molar-refractivity contribution is -0.140. The number of hydrogen-bond donors (Lipinski definition) is 3. The van der Waals surface area contributed by atoms with Crippen LogP contribution in [-0.2, 0) is 14.4 Å². The van der Waals surface area contributed by atoms with Gasteiger partial charge in [0, 0.05) is 72.2 Å². The van der Waals surface area contributed by atoms with Gasteiger partial charge >= 0.3 is 17.9 Å². The Morgan fingerprint density at radius 1 is 0.679 bits per heavy atom. The minimum Gasteiger partial charge on any atom is -0.480 e. The van der Waals surface area contributed by atoms with Gasteiger partial charge in [0.25, 0.3) is 0 Å². The zero-order valence-electron chi connectivity index (χ0n) is 16.4. The van der Waals surface area contributed by atoms with E-state index in [-0.39, 0.29) is 19.6 Å². The number of hydrogen-bond acceptors (Lipinski definition) is 8. The molecule has 0 atom stereocenters. The second-order valence-corrected chi connectivity index (χ2v) is 6.75. The fraction of sp³-hybridized carbons (Fsp3) is 0.765. The van der Waals surface area contributed by atoms with Crippen LogP contribution in [0.2, 0.25) is 0 Å². The third kappa shape index (κ3) is 10.9. The first-order valence-corrected chi connectivity index (χ1v) is 9.25. The van der Waals surface area contributed by atoms with Gasteiger partial charge in [-0.15, -0.1) is 0 Å². The van der Waals surface area contributed by atoms with Gasteiger partial charge in [-0.2, -0.15) is 0 Å². The predicted molar refractivity (Wildman–Crippen MR) is 103 cm³/mol. The maximum Gasteiger partial charge on any atom is 0.317 e. The zero-order chi connectivity index (χ0) is 20.9. The lowest BCUT2D eigenvalue weighted by atomic mass is 10.3. The minimum atomic E-state index is -0.966. The fourth-order valence-corrected chi connectivity index (χ4v) is 3.01. The first kappa shape index (κ1) is 24.0. The quantitative estimate of drug-likeness (QED) is 0.398. The molecule has 0 radical (unpaired) electrons. The smallest absolute Gasteiger partial charge is 0.317 e. The van der Waals surface area contributed by atoms with Gasteiger partial charge in [0.2, 0.25) is 0 Å². The van der Waals surface area contributed by atoms with Crippen molar-refractivity contribution in [2.75, 3.05) is 85.6 Å². The van der Waals surface area contributed by atoms with Crippen LogP contribution in [0.15, 0.2) is 4.99 Å². The molecule has 11 heteroatoms. The van der Waals surface area contributed by atoms with Crippen molar-refractivity contribution in [1.82, 2.24) is 19.6 Å². The molecule has 0 unspecified atom stereocenters. The number of aliphatic imine (C=N–C) groups is 1. The molecule has 0 aromatic carbocycles. The van der Waals surface area contributed by atoms with Gasteiger partial charge in [0.05, 0.1) is 19.6 Å². The van der Waals surface area contributed by atoms with Crippen LogP contribution in [0.25, 0.3) is 0 Å². The summed E-state index contributed by atoms with van der Waals surface area (Å²) >= 11 is 0. The van der Waals surface area contributed by atoms with E-state index >= 15 is 0 Å². The summed E-state index contributed by atoms with van der Waals surface area (Å²) in [6.45, 7) is 4.12. The molecule has 0 aromatic rings. The number of nitrogens with zero attached hydrogens (tertiary/aromatic N) is 5. The van der Waals surface area contributed by atoms with Gasteiger partial charge < -0.3 is 15.3 Å². The Bertz CT molecular complexity index is 512. The predicted octanol–water partition coefficient (Wildman–Crippen LogP) is -1.84. The molecule has 1 fully saturated rings. The molecule has 1 aliphatic heterocycles. The molecule has 0 spiro atoms. The minimum absolute atomic E-state index is 0.109. The lowest BCUT2D eigenvalue weighted by Crippen LogP contribution is -2.48. The summed E-state index contributed by atoms with van der Waals surface area (Å²) in [5, 5.41) is 27.4. The monoisotopic (exact) mass is 401 g/mol. The molecule has 0 aromatic heterocycles. The Morgan fingerprint density at radius 2 is 0.964 bits per heavy atom. The van der Waals surface area contributed by atoms with Crippen molar-refractivity contribution in [1.29, 1.82) is 0 Å². The normalized spacial score (nSPS) is 19.9. The molecular weight excluding hydrogens is 370 g/mol. The van der Waals surface area contributed by atoms with Gasteiger partial charge in [-0.1, -0.05) is 0 Å². The summed E-state index contributed by atoms with van der Waals surface area (Å²) in [7, 11) is 1.68. The summed E-state index contributed by atoms with van der Waals surface area (Å²) in [4.78, 5) is 44.8. The van der Waals surface area contributed by atoms with E-state index in [1.165, 1.54) is 0 Å². The Kier molecular flexibility index (Phi) is 11.3. The second-order valence-electron chi connectivity index (χ2n) is 6.75. The fourth-order valence-electron chi connectivity index (χ4n) is 3.01. The van der Waals surface area contributed by atoms with E-state index in [2.05, 4.69) is 9.89 Å². The van der Waals surface area contributed by atoms with Gasteiger partial charge in [-0.3, -0.25) is 39.0 Å². The average Bonchev–Trinajstić information content (AvgIpc) is 2.59. The van der Waals surface area contributed by atoms with Gasteiger partial charge in [0.15, 0.2) is 0 Å². The highest BCUT2D eigenvalue weighted by molar-refractivity contribution is 5.70. The summed E-state index contributed by atoms with van der Waals surface area (Å²) in [5.74, 6) is -2.82. The summed E-state index contributed by atoms with van der Waals surface area (Å²) in [6.07, 6.45) is 1.77. The van der Waals surface area contributed by atoms with Crippen LogP contribution >= 0.6 is 0 Å². The Labute approximate surface area is 164 Å². The molecule has 1 heterocycles. The van der Waals surface area contributed by atoms with E-state index in [0.717, 1.165) is 0 Å². The van der Waals surface area contributed by atoms with Crippen molar-refractivity contribution in [3.8, 4) is 0 Å². The molecule has 0 saturated carbocycles. The molecule has 0 bridgehead atoms.